The van der Waals surface area contributed by atoms with Gasteiger partial charge in [0.15, 0.2) is 12.2 Å². The van der Waals surface area contributed by atoms with Crippen LogP contribution in [0.2, 0.25) is 0 Å². The lowest BCUT2D eigenvalue weighted by molar-refractivity contribution is -0.161. The number of aliphatic hydroxyl groups is 1. The summed E-state index contributed by atoms with van der Waals surface area (Å²) in [6, 6.07) is 0. The van der Waals surface area contributed by atoms with E-state index in [1.807, 2.05) is 0 Å². The van der Waals surface area contributed by atoms with Gasteiger partial charge < -0.3 is 33.8 Å². The Bertz CT molecular complexity index is 1810. The van der Waals surface area contributed by atoms with Crippen LogP contribution in [0.25, 0.3) is 0 Å². The van der Waals surface area contributed by atoms with Crippen LogP contribution in [0.1, 0.15) is 394 Å². The number of hydrogen-bond acceptors (Lipinski definition) is 15. The molecule has 0 saturated heterocycles. The predicted molar refractivity (Wildman–Crippen MR) is 382 cm³/mol. The van der Waals surface area contributed by atoms with Gasteiger partial charge in [0.1, 0.15) is 19.3 Å². The maximum atomic E-state index is 13.1. The third-order valence-corrected chi connectivity index (χ3v) is 19.4. The number of esters is 4. The van der Waals surface area contributed by atoms with Gasteiger partial charge >= 0.3 is 39.5 Å². The highest BCUT2D eigenvalue weighted by atomic mass is 31.2. The van der Waals surface area contributed by atoms with E-state index in [2.05, 4.69) is 34.6 Å². The van der Waals surface area contributed by atoms with E-state index in [4.69, 9.17) is 37.0 Å². The first-order valence-electron chi connectivity index (χ1n) is 39.1. The molecule has 0 aliphatic heterocycles. The van der Waals surface area contributed by atoms with Gasteiger partial charge in [-0.3, -0.25) is 37.3 Å². The largest absolute Gasteiger partial charge is 0.472 e. The molecule has 558 valence electrons. The van der Waals surface area contributed by atoms with Gasteiger partial charge in [0.25, 0.3) is 0 Å². The molecule has 0 rings (SSSR count). The van der Waals surface area contributed by atoms with Crippen molar-refractivity contribution in [3.05, 3.63) is 0 Å². The Hall–Kier alpha value is -1.94. The van der Waals surface area contributed by atoms with E-state index >= 15 is 0 Å². The first-order valence-corrected chi connectivity index (χ1v) is 42.1. The number of ether oxygens (including phenoxy) is 4. The van der Waals surface area contributed by atoms with Crippen LogP contribution in [0.15, 0.2) is 0 Å². The van der Waals surface area contributed by atoms with Crippen LogP contribution in [-0.4, -0.2) is 96.7 Å². The molecule has 17 nitrogen and oxygen atoms in total. The molecule has 0 heterocycles. The van der Waals surface area contributed by atoms with Crippen LogP contribution in [0.5, 0.6) is 0 Å². The number of carbonyl (C=O) groups excluding carboxylic acids is 4. The summed E-state index contributed by atoms with van der Waals surface area (Å²) < 4.78 is 68.3. The maximum Gasteiger partial charge on any atom is 0.472 e. The molecule has 0 aliphatic carbocycles. The minimum absolute atomic E-state index is 0.106. The van der Waals surface area contributed by atoms with Gasteiger partial charge in [-0.25, -0.2) is 9.13 Å². The molecule has 94 heavy (non-hydrogen) atoms. The smallest absolute Gasteiger partial charge is 0.462 e. The zero-order valence-corrected chi connectivity index (χ0v) is 62.9. The number of unbranched alkanes of at least 4 members (excludes halogenated alkanes) is 47. The lowest BCUT2D eigenvalue weighted by atomic mass is 10.0. The molecule has 0 aliphatic rings. The second-order valence-electron chi connectivity index (χ2n) is 27.5. The summed E-state index contributed by atoms with van der Waals surface area (Å²) in [5, 5.41) is 10.6. The van der Waals surface area contributed by atoms with E-state index in [0.717, 1.165) is 109 Å². The highest BCUT2D eigenvalue weighted by molar-refractivity contribution is 7.47. The fraction of sp³-hybridized carbons (Fsp3) is 0.947. The highest BCUT2D eigenvalue weighted by Gasteiger charge is 2.30. The number of carbonyl (C=O) groups is 4. The van der Waals surface area contributed by atoms with Crippen LogP contribution >= 0.6 is 15.6 Å². The molecule has 0 bridgehead atoms. The predicted octanol–water partition coefficient (Wildman–Crippen LogP) is 22.1. The van der Waals surface area contributed by atoms with E-state index in [9.17, 15) is 43.2 Å². The first kappa shape index (κ1) is 92.1. The average molecular weight is 1380 g/mol. The fourth-order valence-electron chi connectivity index (χ4n) is 11.5. The van der Waals surface area contributed by atoms with Crippen molar-refractivity contribution in [1.29, 1.82) is 0 Å². The number of phosphoric acid groups is 2. The van der Waals surface area contributed by atoms with Crippen LogP contribution < -0.4 is 0 Å². The molecule has 0 radical (unpaired) electrons. The van der Waals surface area contributed by atoms with Gasteiger partial charge in [0.2, 0.25) is 0 Å². The summed E-state index contributed by atoms with van der Waals surface area (Å²) in [4.78, 5) is 72.5. The Balaban J connectivity index is 5.14. The van der Waals surface area contributed by atoms with E-state index < -0.39 is 97.5 Å². The Morgan fingerprint density at radius 1 is 0.287 bits per heavy atom. The quantitative estimate of drug-likeness (QED) is 0.0222. The van der Waals surface area contributed by atoms with Gasteiger partial charge in [0, 0.05) is 25.7 Å². The molecule has 0 amide bonds. The van der Waals surface area contributed by atoms with Crippen LogP contribution in [0.3, 0.4) is 0 Å². The molecule has 0 fully saturated rings. The van der Waals surface area contributed by atoms with Crippen molar-refractivity contribution in [1.82, 2.24) is 0 Å². The zero-order chi connectivity index (χ0) is 69.1. The summed E-state index contributed by atoms with van der Waals surface area (Å²) >= 11 is 0. The van der Waals surface area contributed by atoms with Crippen molar-refractivity contribution < 1.29 is 80.2 Å². The third kappa shape index (κ3) is 68.6. The molecule has 3 N–H and O–H groups in total. The molecule has 5 atom stereocenters. The fourth-order valence-corrected chi connectivity index (χ4v) is 13.1. The summed E-state index contributed by atoms with van der Waals surface area (Å²) in [5.41, 5.74) is 0. The lowest BCUT2D eigenvalue weighted by Crippen LogP contribution is -2.30. The second kappa shape index (κ2) is 68.2. The monoisotopic (exact) mass is 1380 g/mol. The molecule has 2 unspecified atom stereocenters. The van der Waals surface area contributed by atoms with Gasteiger partial charge in [0.05, 0.1) is 26.4 Å². The lowest BCUT2D eigenvalue weighted by Gasteiger charge is -2.21. The van der Waals surface area contributed by atoms with Crippen LogP contribution in [0.4, 0.5) is 0 Å². The molecular weight excluding hydrogens is 1230 g/mol. The van der Waals surface area contributed by atoms with Gasteiger partial charge in [-0.1, -0.05) is 343 Å². The third-order valence-electron chi connectivity index (χ3n) is 17.5. The molecule has 0 spiro atoms. The van der Waals surface area contributed by atoms with Crippen molar-refractivity contribution in [2.45, 2.75) is 412 Å². The van der Waals surface area contributed by atoms with Crippen molar-refractivity contribution in [3.63, 3.8) is 0 Å². The van der Waals surface area contributed by atoms with Crippen molar-refractivity contribution in [2.75, 3.05) is 39.6 Å². The Morgan fingerprint density at radius 2 is 0.489 bits per heavy atom. The second-order valence-corrected chi connectivity index (χ2v) is 30.4. The van der Waals surface area contributed by atoms with Crippen molar-refractivity contribution in [3.8, 4) is 0 Å². The topological polar surface area (TPSA) is 237 Å². The van der Waals surface area contributed by atoms with Gasteiger partial charge in [-0.2, -0.15) is 0 Å². The van der Waals surface area contributed by atoms with Gasteiger partial charge in [-0.05, 0) is 31.6 Å². The molecule has 0 aromatic heterocycles. The minimum atomic E-state index is -4.95. The van der Waals surface area contributed by atoms with Crippen LogP contribution in [0, 0.1) is 5.92 Å². The van der Waals surface area contributed by atoms with E-state index in [1.54, 1.807) is 0 Å². The van der Waals surface area contributed by atoms with Crippen molar-refractivity contribution in [2.24, 2.45) is 5.92 Å². The number of rotatable bonds is 75. The molecule has 0 aromatic rings. The van der Waals surface area contributed by atoms with Gasteiger partial charge in [-0.15, -0.1) is 0 Å². The summed E-state index contributed by atoms with van der Waals surface area (Å²) in [5.74, 6) is -1.30. The molecule has 0 saturated carbocycles. The van der Waals surface area contributed by atoms with E-state index in [1.165, 1.54) is 205 Å². The average Bonchev–Trinajstić information content (AvgIpc) is 3.45. The Morgan fingerprint density at radius 3 is 0.723 bits per heavy atom. The van der Waals surface area contributed by atoms with E-state index in [-0.39, 0.29) is 25.7 Å². The zero-order valence-electron chi connectivity index (χ0n) is 61.1. The van der Waals surface area contributed by atoms with Crippen molar-refractivity contribution >= 4 is 39.5 Å². The molecule has 19 heteroatoms. The molecule has 0 aromatic carbocycles. The number of aliphatic hydroxyl groups excluding tert-OH is 1. The number of hydrogen-bond donors (Lipinski definition) is 3. The Kier molecular flexibility index (Phi) is 66.8. The summed E-state index contributed by atoms with van der Waals surface area (Å²) in [6.45, 7) is 7.26. The number of phosphoric ester groups is 2. The Labute approximate surface area is 575 Å². The maximum absolute atomic E-state index is 13.1. The van der Waals surface area contributed by atoms with Crippen LogP contribution in [-0.2, 0) is 65.4 Å². The highest BCUT2D eigenvalue weighted by Crippen LogP contribution is 2.45. The van der Waals surface area contributed by atoms with E-state index in [0.29, 0.717) is 25.7 Å². The minimum Gasteiger partial charge on any atom is -0.462 e. The normalized spacial score (nSPS) is 14.0. The standard InChI is InChI=1S/C75H146O17P2/c1-6-9-12-15-18-20-21-22-23-26-30-33-36-40-44-49-54-59-73(78)86-65-71(92-75(80)61-56-51-46-41-37-34-31-28-25-24-27-29-32-35-39-43-47-52-57-68(4)5)67-90-94(83,84)88-63-69(76)62-87-93(81,82)89-66-70(64-85-72(77)58-53-48-42-17-14-11-8-3)91-74(79)60-55-50-45-38-19-16-13-10-7-2/h68-71,76H,6-67H2,1-5H3,(H,81,82)(H,83,84)/t69-,70+,71+/m0/s1. The molecular formula is C75H146O17P2. The SMILES string of the molecule is CCCCCCCCCCCCCCCCCCCC(=O)OC[C@H](COP(=O)(O)OC[C@@H](O)COP(=O)(O)OC[C@@H](COC(=O)CCCCCCCCC)OC(=O)CCCCCCCCCCC)OC(=O)CCCCCCCCCCCCCCCCCCCCC(C)C. The first-order chi connectivity index (χ1) is 45.5. The summed E-state index contributed by atoms with van der Waals surface area (Å²) in [6.07, 6.45) is 57.2. The summed E-state index contributed by atoms with van der Waals surface area (Å²) in [7, 11) is -9.90.